The van der Waals surface area contributed by atoms with Crippen molar-refractivity contribution in [2.24, 2.45) is 11.7 Å². The molecule has 1 saturated carbocycles. The number of nitrogens with two attached hydrogens (primary N) is 1. The smallest absolute Gasteiger partial charge is 0.257 e. The molecule has 0 aromatic heterocycles. The lowest BCUT2D eigenvalue weighted by Crippen LogP contribution is -2.30. The molecule has 7 heteroatoms. The maximum absolute atomic E-state index is 11.7. The molecule has 1 aromatic carbocycles. The van der Waals surface area contributed by atoms with E-state index >= 15 is 0 Å². The first kappa shape index (κ1) is 18.3. The van der Waals surface area contributed by atoms with Gasteiger partial charge in [0.2, 0.25) is 5.91 Å². The van der Waals surface area contributed by atoms with Gasteiger partial charge >= 0.3 is 0 Å². The summed E-state index contributed by atoms with van der Waals surface area (Å²) in [6.07, 6.45) is 2.67. The lowest BCUT2D eigenvalue weighted by Gasteiger charge is -2.09. The van der Waals surface area contributed by atoms with E-state index in [9.17, 15) is 9.59 Å². The first-order valence-corrected chi connectivity index (χ1v) is 7.19. The number of carbonyl (C=O) groups is 2. The Morgan fingerprint density at radius 1 is 1.32 bits per heavy atom. The zero-order valence-corrected chi connectivity index (χ0v) is 13.2. The zero-order valence-electron chi connectivity index (χ0n) is 12.3. The molecule has 0 bridgehead atoms. The molecule has 1 aromatic rings. The Hall–Kier alpha value is -1.79. The van der Waals surface area contributed by atoms with Gasteiger partial charge in [-0.05, 0) is 37.9 Å². The molecular formula is C15H22ClN3O3. The van der Waals surface area contributed by atoms with E-state index in [0.29, 0.717) is 24.5 Å². The molecule has 2 rings (SSSR count). The summed E-state index contributed by atoms with van der Waals surface area (Å²) < 4.78 is 5.40. The number of anilines is 1. The highest BCUT2D eigenvalue weighted by atomic mass is 35.5. The molecule has 0 unspecified atom stereocenters. The average Bonchev–Trinajstić information content (AvgIpc) is 3.30. The molecule has 6 nitrogen and oxygen atoms in total. The monoisotopic (exact) mass is 327 g/mol. The summed E-state index contributed by atoms with van der Waals surface area (Å²) in [5, 5.41) is 5.55. The molecule has 1 aliphatic rings. The Labute approximate surface area is 136 Å². The maximum atomic E-state index is 11.7. The van der Waals surface area contributed by atoms with Crippen LogP contribution < -0.4 is 21.1 Å². The van der Waals surface area contributed by atoms with Crippen molar-refractivity contribution in [3.8, 4) is 5.75 Å². The number of amides is 2. The number of rotatable bonds is 8. The third-order valence-electron chi connectivity index (χ3n) is 3.12. The van der Waals surface area contributed by atoms with Crippen molar-refractivity contribution in [3.05, 3.63) is 24.3 Å². The van der Waals surface area contributed by atoms with Crippen molar-refractivity contribution in [2.45, 2.75) is 19.3 Å². The second kappa shape index (κ2) is 9.27. The minimum atomic E-state index is -0.184. The fourth-order valence-corrected chi connectivity index (χ4v) is 1.78. The molecule has 1 aliphatic carbocycles. The molecule has 0 atom stereocenters. The topological polar surface area (TPSA) is 93.4 Å². The number of benzene rings is 1. The van der Waals surface area contributed by atoms with Gasteiger partial charge in [0.25, 0.3) is 5.91 Å². The number of hydrogen-bond donors (Lipinski definition) is 3. The zero-order chi connectivity index (χ0) is 15.1. The fraction of sp³-hybridized carbons (Fsp3) is 0.467. The van der Waals surface area contributed by atoms with Crippen LogP contribution in [0.1, 0.15) is 19.3 Å². The summed E-state index contributed by atoms with van der Waals surface area (Å²) in [7, 11) is 0. The van der Waals surface area contributed by atoms with E-state index in [1.165, 1.54) is 0 Å². The Bertz CT molecular complexity index is 507. The number of hydrogen-bond acceptors (Lipinski definition) is 4. The van der Waals surface area contributed by atoms with Gasteiger partial charge in [-0.25, -0.2) is 0 Å². The highest BCUT2D eigenvalue weighted by Crippen LogP contribution is 2.30. The number of halogens is 1. The number of nitrogens with one attached hydrogen (secondary N) is 2. The Morgan fingerprint density at radius 3 is 2.77 bits per heavy atom. The van der Waals surface area contributed by atoms with Crippen LogP contribution in [0.15, 0.2) is 24.3 Å². The molecule has 2 amide bonds. The molecule has 0 aliphatic heterocycles. The summed E-state index contributed by atoms with van der Waals surface area (Å²) in [5.74, 6) is 0.572. The van der Waals surface area contributed by atoms with Crippen molar-refractivity contribution < 1.29 is 14.3 Å². The summed E-state index contributed by atoms with van der Waals surface area (Å²) in [6.45, 7) is 1.05. The van der Waals surface area contributed by atoms with Crippen LogP contribution in [0, 0.1) is 5.92 Å². The standard InChI is InChI=1S/C15H21N3O3.ClH/c16-7-2-8-17-14(19)10-21-13-4-1-3-12(9-13)18-15(20)11-5-6-11;/h1,3-4,9,11H,2,5-8,10,16H2,(H,17,19)(H,18,20);1H. The quantitative estimate of drug-likeness (QED) is 0.627. The van der Waals surface area contributed by atoms with Gasteiger partial charge < -0.3 is 21.1 Å². The first-order valence-electron chi connectivity index (χ1n) is 7.19. The predicted octanol–water partition coefficient (Wildman–Crippen LogP) is 1.30. The molecule has 1 fully saturated rings. The fourth-order valence-electron chi connectivity index (χ4n) is 1.78. The van der Waals surface area contributed by atoms with Crippen LogP contribution >= 0.6 is 12.4 Å². The van der Waals surface area contributed by atoms with Crippen molar-refractivity contribution in [3.63, 3.8) is 0 Å². The largest absolute Gasteiger partial charge is 0.484 e. The molecule has 22 heavy (non-hydrogen) atoms. The summed E-state index contributed by atoms with van der Waals surface area (Å²) in [6, 6.07) is 7.05. The van der Waals surface area contributed by atoms with Crippen molar-refractivity contribution in [1.82, 2.24) is 5.32 Å². The van der Waals surface area contributed by atoms with E-state index in [-0.39, 0.29) is 36.7 Å². The van der Waals surface area contributed by atoms with Gasteiger partial charge in [0.1, 0.15) is 5.75 Å². The van der Waals surface area contributed by atoms with Crippen LogP contribution in [0.25, 0.3) is 0 Å². The maximum Gasteiger partial charge on any atom is 0.257 e. The SMILES string of the molecule is Cl.NCCCNC(=O)COc1cccc(NC(=O)C2CC2)c1. The second-order valence-electron chi connectivity index (χ2n) is 5.07. The van der Waals surface area contributed by atoms with E-state index in [1.54, 1.807) is 24.3 Å². The van der Waals surface area contributed by atoms with Gasteiger partial charge in [-0.3, -0.25) is 9.59 Å². The van der Waals surface area contributed by atoms with E-state index in [2.05, 4.69) is 10.6 Å². The summed E-state index contributed by atoms with van der Waals surface area (Å²) >= 11 is 0. The molecule has 0 radical (unpaired) electrons. The van der Waals surface area contributed by atoms with Gasteiger partial charge in [0.15, 0.2) is 6.61 Å². The number of carbonyl (C=O) groups excluding carboxylic acids is 2. The molecular weight excluding hydrogens is 306 g/mol. The van der Waals surface area contributed by atoms with Gasteiger partial charge in [0, 0.05) is 24.2 Å². The highest BCUT2D eigenvalue weighted by Gasteiger charge is 2.29. The molecule has 122 valence electrons. The Kier molecular flexibility index (Phi) is 7.70. The van der Waals surface area contributed by atoms with Crippen LogP contribution in [0.4, 0.5) is 5.69 Å². The molecule has 0 spiro atoms. The normalized spacial score (nSPS) is 13.0. The number of ether oxygens (including phenoxy) is 1. The Morgan fingerprint density at radius 2 is 2.09 bits per heavy atom. The van der Waals surface area contributed by atoms with Gasteiger partial charge in [-0.15, -0.1) is 12.4 Å². The van der Waals surface area contributed by atoms with E-state index in [1.807, 2.05) is 0 Å². The van der Waals surface area contributed by atoms with Gasteiger partial charge in [-0.2, -0.15) is 0 Å². The van der Waals surface area contributed by atoms with Crippen LogP contribution in [-0.2, 0) is 9.59 Å². The lowest BCUT2D eigenvalue weighted by atomic mass is 10.3. The van der Waals surface area contributed by atoms with Crippen molar-refractivity contribution in [2.75, 3.05) is 25.0 Å². The van der Waals surface area contributed by atoms with Crippen molar-refractivity contribution in [1.29, 1.82) is 0 Å². The third kappa shape index (κ3) is 6.32. The minimum Gasteiger partial charge on any atom is -0.484 e. The third-order valence-corrected chi connectivity index (χ3v) is 3.12. The lowest BCUT2D eigenvalue weighted by molar-refractivity contribution is -0.123. The summed E-state index contributed by atoms with van der Waals surface area (Å²) in [5.41, 5.74) is 6.03. The van der Waals surface area contributed by atoms with Crippen LogP contribution in [0.3, 0.4) is 0 Å². The first-order chi connectivity index (χ1) is 10.2. The Balaban J connectivity index is 0.00000242. The molecule has 0 saturated heterocycles. The van der Waals surface area contributed by atoms with Crippen LogP contribution in [0.2, 0.25) is 0 Å². The van der Waals surface area contributed by atoms with E-state index < -0.39 is 0 Å². The molecule has 0 heterocycles. The van der Waals surface area contributed by atoms with Gasteiger partial charge in [-0.1, -0.05) is 6.07 Å². The molecule has 4 N–H and O–H groups in total. The van der Waals surface area contributed by atoms with Crippen molar-refractivity contribution >= 4 is 29.9 Å². The van der Waals surface area contributed by atoms with Crippen LogP contribution in [0.5, 0.6) is 5.75 Å². The summed E-state index contributed by atoms with van der Waals surface area (Å²) in [4.78, 5) is 23.2. The highest BCUT2D eigenvalue weighted by molar-refractivity contribution is 5.94. The van der Waals surface area contributed by atoms with Gasteiger partial charge in [0.05, 0.1) is 0 Å². The van der Waals surface area contributed by atoms with E-state index in [0.717, 1.165) is 19.3 Å². The minimum absolute atomic E-state index is 0. The second-order valence-corrected chi connectivity index (χ2v) is 5.07. The average molecular weight is 328 g/mol. The van der Waals surface area contributed by atoms with E-state index in [4.69, 9.17) is 10.5 Å². The van der Waals surface area contributed by atoms with Crippen LogP contribution in [-0.4, -0.2) is 31.5 Å². The predicted molar refractivity (Wildman–Crippen MR) is 87.2 cm³/mol.